The number of rotatable bonds is 4. The van der Waals surface area contributed by atoms with Gasteiger partial charge in [0.05, 0.1) is 18.2 Å². The molecule has 1 aromatic rings. The number of carbonyl (C=O) groups excluding carboxylic acids is 1. The Morgan fingerprint density at radius 2 is 2.40 bits per heavy atom. The number of nitrogens with zero attached hydrogens (tertiary/aromatic N) is 1. The van der Waals surface area contributed by atoms with Crippen LogP contribution in [-0.2, 0) is 22.1 Å². The summed E-state index contributed by atoms with van der Waals surface area (Å²) >= 11 is 0.941. The lowest BCUT2D eigenvalue weighted by Crippen LogP contribution is -2.51. The molecule has 2 N–H and O–H groups in total. The quantitative estimate of drug-likeness (QED) is 0.864. The summed E-state index contributed by atoms with van der Waals surface area (Å²) in [5.74, 6) is -0.211. The molecule has 1 aliphatic heterocycles. The van der Waals surface area contributed by atoms with E-state index in [2.05, 4.69) is 15.6 Å². The third-order valence-corrected chi connectivity index (χ3v) is 3.63. The minimum absolute atomic E-state index is 0.211. The van der Waals surface area contributed by atoms with Gasteiger partial charge in [-0.3, -0.25) is 4.79 Å². The van der Waals surface area contributed by atoms with Gasteiger partial charge in [-0.25, -0.2) is 4.98 Å². The maximum absolute atomic E-state index is 12.3. The third-order valence-electron chi connectivity index (χ3n) is 2.72. The SMILES string of the molecule is O=C(NCCc1nc(C(F)(F)F)cs1)C1COCCN1. The number of morpholine rings is 1. The maximum Gasteiger partial charge on any atom is 0.434 e. The Kier molecular flexibility index (Phi) is 4.95. The normalized spacial score (nSPS) is 19.9. The van der Waals surface area contributed by atoms with Crippen molar-refractivity contribution < 1.29 is 22.7 Å². The molecule has 9 heteroatoms. The van der Waals surface area contributed by atoms with E-state index in [-0.39, 0.29) is 18.9 Å². The predicted molar refractivity (Wildman–Crippen MR) is 66.4 cm³/mol. The van der Waals surface area contributed by atoms with E-state index >= 15 is 0 Å². The van der Waals surface area contributed by atoms with Crippen molar-refractivity contribution in [2.75, 3.05) is 26.3 Å². The van der Waals surface area contributed by atoms with Crippen LogP contribution in [-0.4, -0.2) is 43.2 Å². The Morgan fingerprint density at radius 1 is 1.60 bits per heavy atom. The standard InChI is InChI=1S/C11H14F3N3O2S/c12-11(13,14)8-6-20-9(17-8)1-2-16-10(18)7-5-19-4-3-15-7/h6-7,15H,1-5H2,(H,16,18). The molecule has 0 saturated carbocycles. The minimum Gasteiger partial charge on any atom is -0.378 e. The van der Waals surface area contributed by atoms with E-state index in [1.165, 1.54) is 0 Å². The Bertz CT molecular complexity index is 458. The van der Waals surface area contributed by atoms with Gasteiger partial charge in [0.25, 0.3) is 0 Å². The Morgan fingerprint density at radius 3 is 3.00 bits per heavy atom. The van der Waals surface area contributed by atoms with Crippen molar-refractivity contribution in [2.45, 2.75) is 18.6 Å². The number of aromatic nitrogens is 1. The molecular weight excluding hydrogens is 295 g/mol. The number of ether oxygens (including phenoxy) is 1. The summed E-state index contributed by atoms with van der Waals surface area (Å²) < 4.78 is 42.2. The van der Waals surface area contributed by atoms with Gasteiger partial charge >= 0.3 is 6.18 Å². The molecular formula is C11H14F3N3O2S. The number of alkyl halides is 3. The second-order valence-electron chi connectivity index (χ2n) is 4.25. The molecule has 0 spiro atoms. The van der Waals surface area contributed by atoms with E-state index in [1.54, 1.807) is 0 Å². The maximum atomic E-state index is 12.3. The van der Waals surface area contributed by atoms with Gasteiger partial charge in [-0.15, -0.1) is 11.3 Å². The first kappa shape index (κ1) is 15.2. The lowest BCUT2D eigenvalue weighted by molar-refractivity contribution is -0.140. The van der Waals surface area contributed by atoms with Crippen LogP contribution in [0.5, 0.6) is 0 Å². The van der Waals surface area contributed by atoms with Gasteiger partial charge in [0.1, 0.15) is 6.04 Å². The van der Waals surface area contributed by atoms with Gasteiger partial charge < -0.3 is 15.4 Å². The van der Waals surface area contributed by atoms with Gasteiger partial charge in [0.15, 0.2) is 5.69 Å². The van der Waals surface area contributed by atoms with E-state index in [0.717, 1.165) is 16.7 Å². The van der Waals surface area contributed by atoms with Crippen LogP contribution in [0.3, 0.4) is 0 Å². The highest BCUT2D eigenvalue weighted by Crippen LogP contribution is 2.29. The molecule has 1 aromatic heterocycles. The molecule has 20 heavy (non-hydrogen) atoms. The Labute approximate surface area is 117 Å². The van der Waals surface area contributed by atoms with E-state index < -0.39 is 17.9 Å². The fourth-order valence-electron chi connectivity index (χ4n) is 1.71. The summed E-state index contributed by atoms with van der Waals surface area (Å²) in [6.07, 6.45) is -4.14. The molecule has 5 nitrogen and oxygen atoms in total. The number of carbonyl (C=O) groups is 1. The number of hydrogen-bond donors (Lipinski definition) is 2. The highest BCUT2D eigenvalue weighted by atomic mass is 32.1. The minimum atomic E-state index is -4.42. The summed E-state index contributed by atoms with van der Waals surface area (Å²) in [6, 6.07) is -0.397. The third kappa shape index (κ3) is 4.15. The topological polar surface area (TPSA) is 63.2 Å². The van der Waals surface area contributed by atoms with E-state index in [4.69, 9.17) is 4.74 Å². The first-order valence-corrected chi connectivity index (χ1v) is 6.95. The molecule has 1 unspecified atom stereocenters. The van der Waals surface area contributed by atoms with E-state index in [9.17, 15) is 18.0 Å². The first-order chi connectivity index (χ1) is 9.47. The van der Waals surface area contributed by atoms with E-state index in [1.807, 2.05) is 0 Å². The molecule has 1 atom stereocenters. The van der Waals surface area contributed by atoms with Gasteiger partial charge in [0, 0.05) is 24.9 Å². The number of hydrogen-bond acceptors (Lipinski definition) is 5. The summed E-state index contributed by atoms with van der Waals surface area (Å²) in [5, 5.41) is 6.98. The molecule has 0 aliphatic carbocycles. The zero-order valence-electron chi connectivity index (χ0n) is 10.5. The van der Waals surface area contributed by atoms with Gasteiger partial charge in [-0.2, -0.15) is 13.2 Å². The first-order valence-electron chi connectivity index (χ1n) is 6.07. The number of halogens is 3. The second-order valence-corrected chi connectivity index (χ2v) is 5.19. The molecule has 2 heterocycles. The molecule has 1 aliphatic rings. The van der Waals surface area contributed by atoms with Crippen molar-refractivity contribution in [3.63, 3.8) is 0 Å². The van der Waals surface area contributed by atoms with Crippen molar-refractivity contribution in [3.8, 4) is 0 Å². The lowest BCUT2D eigenvalue weighted by atomic mass is 10.2. The molecule has 1 amide bonds. The smallest absolute Gasteiger partial charge is 0.378 e. The van der Waals surface area contributed by atoms with Crippen LogP contribution in [0.15, 0.2) is 5.38 Å². The highest BCUT2D eigenvalue weighted by Gasteiger charge is 2.33. The molecule has 0 bridgehead atoms. The van der Waals surface area contributed by atoms with Crippen LogP contribution in [0.25, 0.3) is 0 Å². The summed E-state index contributed by atoms with van der Waals surface area (Å²) in [4.78, 5) is 15.2. The van der Waals surface area contributed by atoms with Crippen LogP contribution in [0.1, 0.15) is 10.7 Å². The Balaban J connectivity index is 1.75. The summed E-state index contributed by atoms with van der Waals surface area (Å²) in [7, 11) is 0. The molecule has 1 fully saturated rings. The monoisotopic (exact) mass is 309 g/mol. The van der Waals surface area contributed by atoms with Crippen LogP contribution < -0.4 is 10.6 Å². The summed E-state index contributed by atoms with van der Waals surface area (Å²) in [6.45, 7) is 1.74. The predicted octanol–water partition coefficient (Wildman–Crippen LogP) is 0.809. The molecule has 1 saturated heterocycles. The molecule has 2 rings (SSSR count). The highest BCUT2D eigenvalue weighted by molar-refractivity contribution is 7.09. The number of amides is 1. The fraction of sp³-hybridized carbons (Fsp3) is 0.636. The van der Waals surface area contributed by atoms with Crippen molar-refractivity contribution in [2.24, 2.45) is 0 Å². The van der Waals surface area contributed by atoms with Crippen molar-refractivity contribution in [1.82, 2.24) is 15.6 Å². The lowest BCUT2D eigenvalue weighted by Gasteiger charge is -2.22. The van der Waals surface area contributed by atoms with Crippen molar-refractivity contribution in [1.29, 1.82) is 0 Å². The largest absolute Gasteiger partial charge is 0.434 e. The van der Waals surface area contributed by atoms with Gasteiger partial charge in [-0.05, 0) is 0 Å². The van der Waals surface area contributed by atoms with Crippen LogP contribution in [0, 0.1) is 0 Å². The average Bonchev–Trinajstić information content (AvgIpc) is 2.88. The number of nitrogens with one attached hydrogen (secondary N) is 2. The van der Waals surface area contributed by atoms with Crippen LogP contribution in [0.2, 0.25) is 0 Å². The zero-order valence-corrected chi connectivity index (χ0v) is 11.3. The van der Waals surface area contributed by atoms with Crippen molar-refractivity contribution >= 4 is 17.2 Å². The molecule has 112 valence electrons. The van der Waals surface area contributed by atoms with Gasteiger partial charge in [0.2, 0.25) is 5.91 Å². The molecule has 0 radical (unpaired) electrons. The zero-order chi connectivity index (χ0) is 14.6. The number of thiazole rings is 1. The van der Waals surface area contributed by atoms with E-state index in [0.29, 0.717) is 24.8 Å². The summed E-state index contributed by atoms with van der Waals surface area (Å²) in [5.41, 5.74) is -0.883. The van der Waals surface area contributed by atoms with Crippen LogP contribution >= 0.6 is 11.3 Å². The second kappa shape index (κ2) is 6.51. The Hall–Kier alpha value is -1.19. The fourth-order valence-corrected chi connectivity index (χ4v) is 2.51. The van der Waals surface area contributed by atoms with Gasteiger partial charge in [-0.1, -0.05) is 0 Å². The van der Waals surface area contributed by atoms with Crippen LogP contribution in [0.4, 0.5) is 13.2 Å². The average molecular weight is 309 g/mol. The van der Waals surface area contributed by atoms with Crippen molar-refractivity contribution in [3.05, 3.63) is 16.1 Å². The molecule has 0 aromatic carbocycles.